The van der Waals surface area contributed by atoms with Crippen LogP contribution in [0.5, 0.6) is 0 Å². The van der Waals surface area contributed by atoms with Crippen LogP contribution < -0.4 is 10.9 Å². The van der Waals surface area contributed by atoms with Crippen molar-refractivity contribution < 1.29 is 46.9 Å². The quantitative estimate of drug-likeness (QED) is 0.491. The number of nitrogens with one attached hydrogen (secondary N) is 2. The molecule has 0 aromatic heterocycles. The minimum atomic E-state index is -5.29. The molecule has 3 aliphatic rings. The number of hydrazine groups is 2. The Morgan fingerprint density at radius 3 is 2.55 bits per heavy atom. The third-order valence-electron chi connectivity index (χ3n) is 5.09. The first-order valence-electron chi connectivity index (χ1n) is 9.65. The average molecular weight is 467 g/mol. The number of rotatable bonds is 3. The molecule has 0 amide bonds. The molecule has 2 N–H and O–H groups in total. The first-order chi connectivity index (χ1) is 15.7. The van der Waals surface area contributed by atoms with Gasteiger partial charge in [0.2, 0.25) is 0 Å². The lowest BCUT2D eigenvalue weighted by Crippen LogP contribution is -2.55. The first kappa shape index (κ1) is 22.6. The number of nitrogens with zero attached hydrogens (tertiary/aromatic N) is 1. The zero-order valence-electron chi connectivity index (χ0n) is 16.7. The number of benzene rings is 1. The van der Waals surface area contributed by atoms with Crippen molar-refractivity contribution >= 4 is 23.5 Å². The third kappa shape index (κ3) is 4.51. The zero-order chi connectivity index (χ0) is 23.8. The van der Waals surface area contributed by atoms with Crippen LogP contribution in [0, 0.1) is 11.8 Å². The second kappa shape index (κ2) is 8.77. The van der Waals surface area contributed by atoms with E-state index in [-0.39, 0.29) is 36.5 Å². The molecule has 174 valence electrons. The van der Waals surface area contributed by atoms with Gasteiger partial charge in [0, 0.05) is 11.1 Å². The van der Waals surface area contributed by atoms with Gasteiger partial charge in [0.25, 0.3) is 0 Å². The largest absolute Gasteiger partial charge is 0.491 e. The highest BCUT2D eigenvalue weighted by molar-refractivity contribution is 6.17. The number of Topliss-reactive ketones (excluding diaryl/α,β-unsaturated/α-hetero) is 2. The van der Waals surface area contributed by atoms with E-state index >= 15 is 0 Å². The summed E-state index contributed by atoms with van der Waals surface area (Å²) in [6.07, 6.45) is -3.04. The predicted molar refractivity (Wildman–Crippen MR) is 100 cm³/mol. The molecule has 10 nitrogen and oxygen atoms in total. The molecule has 0 spiro atoms. The summed E-state index contributed by atoms with van der Waals surface area (Å²) in [7, 11) is 0. The lowest BCUT2D eigenvalue weighted by atomic mass is 9.70. The molecule has 13 heteroatoms. The van der Waals surface area contributed by atoms with Crippen LogP contribution in [0.1, 0.15) is 20.7 Å². The van der Waals surface area contributed by atoms with Gasteiger partial charge >= 0.3 is 18.1 Å². The highest BCUT2D eigenvalue weighted by Crippen LogP contribution is 2.39. The topological polar surface area (TPSA) is 123 Å². The molecule has 0 saturated carbocycles. The Balaban J connectivity index is 1.73. The fourth-order valence-electron chi connectivity index (χ4n) is 3.63. The summed E-state index contributed by atoms with van der Waals surface area (Å²) in [5, 5.41) is 1.16. The Morgan fingerprint density at radius 2 is 1.85 bits per heavy atom. The molecule has 4 rings (SSSR count). The van der Waals surface area contributed by atoms with Crippen molar-refractivity contribution in [2.45, 2.75) is 6.18 Å². The van der Waals surface area contributed by atoms with Gasteiger partial charge in [-0.3, -0.25) is 14.5 Å². The molecule has 0 bridgehead atoms. The number of hydrogen-bond acceptors (Lipinski definition) is 10. The lowest BCUT2D eigenvalue weighted by Gasteiger charge is -2.36. The number of esters is 1. The van der Waals surface area contributed by atoms with E-state index in [1.807, 2.05) is 0 Å². The Morgan fingerprint density at radius 1 is 1.15 bits per heavy atom. The monoisotopic (exact) mass is 467 g/mol. The second-order valence-corrected chi connectivity index (χ2v) is 7.18. The Bertz CT molecular complexity index is 1080. The van der Waals surface area contributed by atoms with Gasteiger partial charge in [0.15, 0.2) is 17.3 Å². The smallest absolute Gasteiger partial charge is 0.418 e. The van der Waals surface area contributed by atoms with Gasteiger partial charge in [-0.2, -0.15) is 23.2 Å². The summed E-state index contributed by atoms with van der Waals surface area (Å²) in [4.78, 5) is 58.4. The number of hydrogen-bond donors (Lipinski definition) is 2. The minimum Gasteiger partial charge on any atom is -0.418 e. The lowest BCUT2D eigenvalue weighted by molar-refractivity contribution is -0.279. The fourth-order valence-corrected chi connectivity index (χ4v) is 3.63. The summed E-state index contributed by atoms with van der Waals surface area (Å²) in [5.74, 6) is -7.18. The maximum atomic E-state index is 13.3. The highest BCUT2D eigenvalue weighted by Gasteiger charge is 2.47. The van der Waals surface area contributed by atoms with Crippen molar-refractivity contribution in [2.75, 3.05) is 19.7 Å². The number of alkyl halides is 3. The van der Waals surface area contributed by atoms with Crippen molar-refractivity contribution in [1.29, 1.82) is 0 Å². The van der Waals surface area contributed by atoms with Gasteiger partial charge in [-0.1, -0.05) is 30.3 Å². The zero-order valence-corrected chi connectivity index (χ0v) is 16.7. The number of fused-ring (bicyclic) bond motifs is 2. The van der Waals surface area contributed by atoms with Gasteiger partial charge in [0.05, 0.1) is 24.1 Å². The van der Waals surface area contributed by atoms with Crippen molar-refractivity contribution in [3.05, 3.63) is 59.0 Å². The molecule has 2 atom stereocenters. The van der Waals surface area contributed by atoms with Gasteiger partial charge in [0.1, 0.15) is 13.2 Å². The molecule has 33 heavy (non-hydrogen) atoms. The van der Waals surface area contributed by atoms with E-state index < -0.39 is 47.3 Å². The van der Waals surface area contributed by atoms with Crippen molar-refractivity contribution in [3.63, 3.8) is 0 Å². The summed E-state index contributed by atoms with van der Waals surface area (Å²) in [6, 6.07) is 6.05. The number of halogens is 3. The summed E-state index contributed by atoms with van der Waals surface area (Å²) in [6.45, 7) is -0.523. The summed E-state index contributed by atoms with van der Waals surface area (Å²) >= 11 is 0. The van der Waals surface area contributed by atoms with E-state index in [1.54, 1.807) is 12.1 Å². The second-order valence-electron chi connectivity index (χ2n) is 7.18. The van der Waals surface area contributed by atoms with Crippen LogP contribution in [0.4, 0.5) is 13.2 Å². The molecule has 1 fully saturated rings. The number of allylic oxidation sites excluding steroid dienone is 3. The fraction of sp³-hybridized carbons (Fsp3) is 0.300. The van der Waals surface area contributed by atoms with E-state index in [1.165, 1.54) is 18.2 Å². The highest BCUT2D eigenvalue weighted by atomic mass is 19.4. The van der Waals surface area contributed by atoms with Gasteiger partial charge in [-0.15, -0.1) is 0 Å². The van der Waals surface area contributed by atoms with Crippen molar-refractivity contribution in [3.8, 4) is 0 Å². The van der Waals surface area contributed by atoms with Crippen LogP contribution >= 0.6 is 0 Å². The molecule has 0 radical (unpaired) electrons. The molecule has 1 aromatic carbocycles. The van der Waals surface area contributed by atoms with Crippen LogP contribution in [0.25, 0.3) is 0 Å². The predicted octanol–water partition coefficient (Wildman–Crippen LogP) is 0.984. The number of ketones is 2. The van der Waals surface area contributed by atoms with Gasteiger partial charge in [-0.05, 0) is 6.08 Å². The molecule has 1 aliphatic heterocycles. The molecule has 1 heterocycles. The van der Waals surface area contributed by atoms with E-state index in [4.69, 9.17) is 0 Å². The molecule has 1 aromatic rings. The summed E-state index contributed by atoms with van der Waals surface area (Å²) < 4.78 is 43.1. The molecular formula is C20H16F3N3O7. The van der Waals surface area contributed by atoms with E-state index in [0.717, 1.165) is 11.2 Å². The van der Waals surface area contributed by atoms with Crippen LogP contribution in [-0.2, 0) is 24.1 Å². The Kier molecular flexibility index (Phi) is 6.01. The maximum absolute atomic E-state index is 13.3. The molecular weight excluding hydrogens is 451 g/mol. The normalized spacial score (nSPS) is 23.8. The van der Waals surface area contributed by atoms with E-state index in [2.05, 4.69) is 25.4 Å². The molecule has 2 unspecified atom stereocenters. The number of ether oxygens (including phenoxy) is 1. The average Bonchev–Trinajstić information content (AvgIpc) is 2.77. The third-order valence-corrected chi connectivity index (χ3v) is 5.09. The standard InChI is InChI=1S/C20H16F3N3O7/c21-20(22,23)19(30)32-13-6-5-12-15(18(29)11-4-2-1-3-10(11)17(12)28)16(13)25-26-7-8-31-33-14(27)9-24-26/h1-6,12,15,24-25H,7-9H2. The van der Waals surface area contributed by atoms with Crippen molar-refractivity contribution in [2.24, 2.45) is 11.8 Å². The van der Waals surface area contributed by atoms with Crippen molar-refractivity contribution in [1.82, 2.24) is 16.0 Å². The first-order valence-corrected chi connectivity index (χ1v) is 9.65. The number of carbonyl (C=O) groups is 4. The summed E-state index contributed by atoms with van der Waals surface area (Å²) in [5.41, 5.74) is 5.31. The maximum Gasteiger partial charge on any atom is 0.491 e. The minimum absolute atomic E-state index is 0.00287. The molecule has 2 aliphatic carbocycles. The van der Waals surface area contributed by atoms with Crippen LogP contribution in [0.2, 0.25) is 0 Å². The molecule has 1 saturated heterocycles. The van der Waals surface area contributed by atoms with Gasteiger partial charge in [-0.25, -0.2) is 15.0 Å². The van der Waals surface area contributed by atoms with Gasteiger partial charge < -0.3 is 10.2 Å². The SMILES string of the molecule is O=C1CNN(NC2=C(OC(=O)C(F)(F)F)C=CC3C(=O)c4ccccc4C(=O)C23)CCOO1. The van der Waals surface area contributed by atoms with Crippen LogP contribution in [0.3, 0.4) is 0 Å². The number of carbonyl (C=O) groups excluding carboxylic acids is 4. The van der Waals surface area contributed by atoms with Crippen LogP contribution in [-0.4, -0.2) is 54.5 Å². The Labute approximate surface area is 183 Å². The Hall–Kier alpha value is -3.55. The van der Waals surface area contributed by atoms with E-state index in [0.29, 0.717) is 0 Å². The van der Waals surface area contributed by atoms with Crippen LogP contribution in [0.15, 0.2) is 47.9 Å². The van der Waals surface area contributed by atoms with E-state index in [9.17, 15) is 32.3 Å².